The zero-order valence-corrected chi connectivity index (χ0v) is 13.3. The van der Waals surface area contributed by atoms with Crippen LogP contribution in [-0.4, -0.2) is 58.9 Å². The highest BCUT2D eigenvalue weighted by Crippen LogP contribution is 2.24. The van der Waals surface area contributed by atoms with Crippen LogP contribution in [0.1, 0.15) is 32.5 Å². The van der Waals surface area contributed by atoms with Gasteiger partial charge in [-0.15, -0.1) is 0 Å². The number of nitrogens with one attached hydrogen (secondary N) is 1. The molecule has 1 aromatic rings. The largest absolute Gasteiger partial charge is 0.374 e. The smallest absolute Gasteiger partial charge is 0.110 e. The van der Waals surface area contributed by atoms with Gasteiger partial charge in [0.15, 0.2) is 0 Å². The van der Waals surface area contributed by atoms with Crippen molar-refractivity contribution in [3.8, 4) is 0 Å². The van der Waals surface area contributed by atoms with E-state index >= 15 is 0 Å². The van der Waals surface area contributed by atoms with Gasteiger partial charge in [0.1, 0.15) is 5.82 Å². The number of likely N-dealkylation sites (N-methyl/N-ethyl adjacent to an activating group) is 1. The summed E-state index contributed by atoms with van der Waals surface area (Å²) in [6.07, 6.45) is 7.82. The van der Waals surface area contributed by atoms with Crippen LogP contribution in [-0.2, 0) is 17.7 Å². The second-order valence-electron chi connectivity index (χ2n) is 6.16. The summed E-state index contributed by atoms with van der Waals surface area (Å²) in [4.78, 5) is 7.14. The quantitative estimate of drug-likeness (QED) is 0.858. The first-order valence-electron chi connectivity index (χ1n) is 8.40. The fraction of sp³-hybridized carbons (Fsp3) is 0.812. The van der Waals surface area contributed by atoms with Crippen LogP contribution in [0.2, 0.25) is 0 Å². The number of ether oxygens (including phenoxy) is 1. The minimum absolute atomic E-state index is 0.279. The molecule has 0 spiro atoms. The number of morpholine rings is 1. The Hall–Kier alpha value is -0.910. The van der Waals surface area contributed by atoms with Crippen LogP contribution in [0.3, 0.4) is 0 Å². The van der Waals surface area contributed by atoms with E-state index in [1.807, 2.05) is 6.20 Å². The second kappa shape index (κ2) is 6.90. The summed E-state index contributed by atoms with van der Waals surface area (Å²) in [5.41, 5.74) is 0. The van der Waals surface area contributed by atoms with Crippen molar-refractivity contribution < 1.29 is 4.74 Å². The zero-order valence-electron chi connectivity index (χ0n) is 13.3. The molecule has 3 rings (SSSR count). The average Bonchev–Trinajstić information content (AvgIpc) is 3.14. The fourth-order valence-corrected chi connectivity index (χ4v) is 3.70. The van der Waals surface area contributed by atoms with Gasteiger partial charge in [-0.25, -0.2) is 4.98 Å². The Balaban J connectivity index is 1.66. The fourth-order valence-electron chi connectivity index (χ4n) is 3.70. The molecule has 3 atom stereocenters. The number of nitrogens with zero attached hydrogens (tertiary/aromatic N) is 3. The molecule has 1 N–H and O–H groups in total. The van der Waals surface area contributed by atoms with Gasteiger partial charge >= 0.3 is 0 Å². The molecule has 21 heavy (non-hydrogen) atoms. The van der Waals surface area contributed by atoms with Gasteiger partial charge < -0.3 is 14.6 Å². The standard InChI is InChI=1S/C16H28N4O/c1-3-17-14(10-16-18-7-9-19(16)4-2)15-11-20-8-5-6-13(20)12-21-15/h7,9,13-15,17H,3-6,8,10-12H2,1-2H3. The van der Waals surface area contributed by atoms with Gasteiger partial charge in [0.05, 0.1) is 12.7 Å². The molecule has 0 radical (unpaired) electrons. The molecule has 3 unspecified atom stereocenters. The van der Waals surface area contributed by atoms with E-state index < -0.39 is 0 Å². The molecule has 0 aliphatic carbocycles. The number of fused-ring (bicyclic) bond motifs is 1. The van der Waals surface area contributed by atoms with Crippen LogP contribution in [0.5, 0.6) is 0 Å². The molecule has 5 nitrogen and oxygen atoms in total. The van der Waals surface area contributed by atoms with Crippen molar-refractivity contribution in [1.82, 2.24) is 19.8 Å². The van der Waals surface area contributed by atoms with Crippen LogP contribution >= 0.6 is 0 Å². The summed E-state index contributed by atoms with van der Waals surface area (Å²) in [6, 6.07) is 1.02. The summed E-state index contributed by atoms with van der Waals surface area (Å²) in [5.74, 6) is 1.16. The average molecular weight is 292 g/mol. The van der Waals surface area contributed by atoms with E-state index in [2.05, 4.69) is 39.8 Å². The Morgan fingerprint density at radius 3 is 3.19 bits per heavy atom. The number of aromatic nitrogens is 2. The van der Waals surface area contributed by atoms with Crippen LogP contribution in [0, 0.1) is 0 Å². The molecule has 1 aromatic heterocycles. The summed E-state index contributed by atoms with van der Waals surface area (Å²) in [6.45, 7) is 9.49. The Bertz CT molecular complexity index is 447. The van der Waals surface area contributed by atoms with Gasteiger partial charge in [0.25, 0.3) is 0 Å². The Labute approximate surface area is 127 Å². The molecular formula is C16H28N4O. The molecule has 5 heteroatoms. The van der Waals surface area contributed by atoms with Crippen LogP contribution < -0.4 is 5.32 Å². The second-order valence-corrected chi connectivity index (χ2v) is 6.16. The lowest BCUT2D eigenvalue weighted by atomic mass is 10.0. The number of aryl methyl sites for hydroxylation is 1. The maximum atomic E-state index is 6.19. The molecule has 0 bridgehead atoms. The van der Waals surface area contributed by atoms with Crippen molar-refractivity contribution in [2.75, 3.05) is 26.2 Å². The van der Waals surface area contributed by atoms with Crippen molar-refractivity contribution in [1.29, 1.82) is 0 Å². The Morgan fingerprint density at radius 1 is 1.48 bits per heavy atom. The number of hydrogen-bond acceptors (Lipinski definition) is 4. The van der Waals surface area contributed by atoms with Crippen molar-refractivity contribution in [2.24, 2.45) is 0 Å². The van der Waals surface area contributed by atoms with E-state index in [0.29, 0.717) is 12.1 Å². The van der Waals surface area contributed by atoms with Crippen molar-refractivity contribution in [3.05, 3.63) is 18.2 Å². The van der Waals surface area contributed by atoms with Gasteiger partial charge in [0, 0.05) is 44.0 Å². The molecule has 2 aliphatic heterocycles. The summed E-state index contributed by atoms with van der Waals surface area (Å²) < 4.78 is 8.42. The lowest BCUT2D eigenvalue weighted by molar-refractivity contribution is -0.0645. The summed E-state index contributed by atoms with van der Waals surface area (Å²) in [7, 11) is 0. The molecule has 0 amide bonds. The van der Waals surface area contributed by atoms with E-state index in [0.717, 1.165) is 38.5 Å². The first-order valence-corrected chi connectivity index (χ1v) is 8.40. The molecule has 0 aromatic carbocycles. The molecular weight excluding hydrogens is 264 g/mol. The number of hydrogen-bond donors (Lipinski definition) is 1. The molecule has 3 heterocycles. The Morgan fingerprint density at radius 2 is 2.38 bits per heavy atom. The normalized spacial score (nSPS) is 27.7. The van der Waals surface area contributed by atoms with E-state index in [9.17, 15) is 0 Å². The van der Waals surface area contributed by atoms with Crippen LogP contribution in [0.25, 0.3) is 0 Å². The van der Waals surface area contributed by atoms with E-state index in [-0.39, 0.29) is 6.10 Å². The van der Waals surface area contributed by atoms with Crippen LogP contribution in [0.15, 0.2) is 12.4 Å². The molecule has 2 fully saturated rings. The molecule has 2 saturated heterocycles. The predicted molar refractivity (Wildman–Crippen MR) is 83.4 cm³/mol. The maximum absolute atomic E-state index is 6.19. The Kier molecular flexibility index (Phi) is 4.93. The topological polar surface area (TPSA) is 42.3 Å². The van der Waals surface area contributed by atoms with E-state index in [1.54, 1.807) is 0 Å². The lowest BCUT2D eigenvalue weighted by Crippen LogP contribution is -2.55. The summed E-state index contributed by atoms with van der Waals surface area (Å²) in [5, 5.41) is 3.62. The number of imidazole rings is 1. The highest BCUT2D eigenvalue weighted by Gasteiger charge is 2.35. The van der Waals surface area contributed by atoms with Gasteiger partial charge in [0.2, 0.25) is 0 Å². The van der Waals surface area contributed by atoms with Crippen molar-refractivity contribution in [2.45, 2.75) is 57.8 Å². The molecule has 0 saturated carbocycles. The molecule has 118 valence electrons. The predicted octanol–water partition coefficient (Wildman–Crippen LogP) is 1.29. The van der Waals surface area contributed by atoms with Crippen molar-refractivity contribution >= 4 is 0 Å². The zero-order chi connectivity index (χ0) is 14.7. The van der Waals surface area contributed by atoms with Crippen LogP contribution in [0.4, 0.5) is 0 Å². The van der Waals surface area contributed by atoms with Gasteiger partial charge in [-0.3, -0.25) is 4.90 Å². The van der Waals surface area contributed by atoms with Crippen molar-refractivity contribution in [3.63, 3.8) is 0 Å². The third-order valence-corrected chi connectivity index (χ3v) is 4.88. The monoisotopic (exact) mass is 292 g/mol. The minimum atomic E-state index is 0.279. The van der Waals surface area contributed by atoms with Gasteiger partial charge in [-0.2, -0.15) is 0 Å². The lowest BCUT2D eigenvalue weighted by Gasteiger charge is -2.39. The third kappa shape index (κ3) is 3.30. The SMILES string of the molecule is CCNC(Cc1nccn1CC)C1CN2CCCC2CO1. The van der Waals surface area contributed by atoms with E-state index in [1.165, 1.54) is 19.4 Å². The first-order chi connectivity index (χ1) is 10.3. The highest BCUT2D eigenvalue weighted by atomic mass is 16.5. The maximum Gasteiger partial charge on any atom is 0.110 e. The third-order valence-electron chi connectivity index (χ3n) is 4.88. The minimum Gasteiger partial charge on any atom is -0.374 e. The van der Waals surface area contributed by atoms with Gasteiger partial charge in [-0.1, -0.05) is 6.92 Å². The highest BCUT2D eigenvalue weighted by molar-refractivity contribution is 4.99. The first kappa shape index (κ1) is 15.0. The van der Waals surface area contributed by atoms with E-state index in [4.69, 9.17) is 4.74 Å². The molecule has 2 aliphatic rings. The summed E-state index contributed by atoms with van der Waals surface area (Å²) >= 11 is 0. The van der Waals surface area contributed by atoms with Gasteiger partial charge in [-0.05, 0) is 32.9 Å². The number of rotatable bonds is 6.